The number of benzene rings is 2. The Morgan fingerprint density at radius 1 is 1.14 bits per heavy atom. The van der Waals surface area contributed by atoms with Gasteiger partial charge in [-0.05, 0) is 43.5 Å². The van der Waals surface area contributed by atoms with Crippen molar-refractivity contribution in [3.63, 3.8) is 0 Å². The van der Waals surface area contributed by atoms with Crippen LogP contribution in [0.15, 0.2) is 42.5 Å². The molecule has 1 amide bonds. The third kappa shape index (κ3) is 3.43. The van der Waals surface area contributed by atoms with Crippen molar-refractivity contribution in [2.75, 3.05) is 5.32 Å². The van der Waals surface area contributed by atoms with Gasteiger partial charge in [0.1, 0.15) is 0 Å². The minimum atomic E-state index is -0.389. The molecule has 21 heavy (non-hydrogen) atoms. The number of aryl methyl sites for hydroxylation is 1. The number of primary amides is 1. The van der Waals surface area contributed by atoms with Crippen molar-refractivity contribution >= 4 is 11.6 Å². The molecule has 0 spiro atoms. The number of carbonyl (C=O) groups excluding carboxylic acids is 1. The second-order valence-corrected chi connectivity index (χ2v) is 5.36. The first-order valence-electron chi connectivity index (χ1n) is 7.25. The molecule has 0 aliphatic heterocycles. The molecule has 1 atom stereocenters. The maximum Gasteiger partial charge on any atom is 0.249 e. The van der Waals surface area contributed by atoms with E-state index in [0.29, 0.717) is 5.56 Å². The highest BCUT2D eigenvalue weighted by molar-refractivity contribution is 5.95. The predicted molar refractivity (Wildman–Crippen MR) is 87.5 cm³/mol. The Morgan fingerprint density at radius 2 is 1.81 bits per heavy atom. The molecule has 0 fully saturated rings. The molecule has 110 valence electrons. The topological polar surface area (TPSA) is 55.1 Å². The highest BCUT2D eigenvalue weighted by atomic mass is 16.1. The zero-order valence-electron chi connectivity index (χ0n) is 12.8. The molecule has 0 heterocycles. The van der Waals surface area contributed by atoms with Crippen LogP contribution in [0.5, 0.6) is 0 Å². The molecule has 0 aliphatic carbocycles. The van der Waals surface area contributed by atoms with Gasteiger partial charge in [-0.15, -0.1) is 0 Å². The molecule has 2 rings (SSSR count). The van der Waals surface area contributed by atoms with E-state index < -0.39 is 0 Å². The highest BCUT2D eigenvalue weighted by Crippen LogP contribution is 2.26. The lowest BCUT2D eigenvalue weighted by Crippen LogP contribution is -2.15. The summed E-state index contributed by atoms with van der Waals surface area (Å²) in [6, 6.07) is 14.3. The summed E-state index contributed by atoms with van der Waals surface area (Å²) in [5.74, 6) is -0.389. The smallest absolute Gasteiger partial charge is 0.249 e. The van der Waals surface area contributed by atoms with Crippen LogP contribution in [0.2, 0.25) is 0 Å². The van der Waals surface area contributed by atoms with E-state index in [9.17, 15) is 4.79 Å². The number of nitrogens with one attached hydrogen (secondary N) is 1. The van der Waals surface area contributed by atoms with Crippen LogP contribution < -0.4 is 11.1 Å². The molecule has 0 aromatic heterocycles. The van der Waals surface area contributed by atoms with Crippen LogP contribution in [0.4, 0.5) is 5.69 Å². The van der Waals surface area contributed by atoms with Crippen molar-refractivity contribution in [3.8, 4) is 0 Å². The number of anilines is 1. The minimum absolute atomic E-state index is 0.215. The Bertz CT molecular complexity index is 632. The predicted octanol–water partition coefficient (Wildman–Crippen LogP) is 3.97. The number of rotatable bonds is 5. The molecule has 3 heteroatoms. The van der Waals surface area contributed by atoms with E-state index in [4.69, 9.17) is 5.73 Å². The second kappa shape index (κ2) is 6.44. The maximum absolute atomic E-state index is 11.4. The molecule has 0 saturated heterocycles. The van der Waals surface area contributed by atoms with Gasteiger partial charge in [0.05, 0.1) is 6.04 Å². The third-order valence-electron chi connectivity index (χ3n) is 3.82. The minimum Gasteiger partial charge on any atom is -0.378 e. The lowest BCUT2D eigenvalue weighted by Gasteiger charge is -2.21. The highest BCUT2D eigenvalue weighted by Gasteiger charge is 2.13. The largest absolute Gasteiger partial charge is 0.378 e. The normalized spacial score (nSPS) is 12.0. The Morgan fingerprint density at radius 3 is 2.38 bits per heavy atom. The summed E-state index contributed by atoms with van der Waals surface area (Å²) < 4.78 is 0. The van der Waals surface area contributed by atoms with Crippen molar-refractivity contribution in [3.05, 3.63) is 64.7 Å². The molecule has 3 nitrogen and oxygen atoms in total. The van der Waals surface area contributed by atoms with Crippen LogP contribution in [0.25, 0.3) is 0 Å². The van der Waals surface area contributed by atoms with Gasteiger partial charge in [0.2, 0.25) is 5.91 Å². The third-order valence-corrected chi connectivity index (χ3v) is 3.82. The average molecular weight is 282 g/mol. The fraction of sp³-hybridized carbons (Fsp3) is 0.278. The Hall–Kier alpha value is -2.29. The van der Waals surface area contributed by atoms with Crippen molar-refractivity contribution in [2.24, 2.45) is 5.73 Å². The van der Waals surface area contributed by atoms with E-state index in [1.165, 1.54) is 11.1 Å². The standard InChI is InChI=1S/C18H22N2O/c1-4-16(14-10-8-12(2)9-11-14)20-17-7-5-6-15(13(17)3)18(19)21/h5-11,16,20H,4H2,1-3H3,(H2,19,21). The van der Waals surface area contributed by atoms with E-state index in [-0.39, 0.29) is 11.9 Å². The molecule has 0 radical (unpaired) electrons. The van der Waals surface area contributed by atoms with E-state index in [2.05, 4.69) is 43.4 Å². The van der Waals surface area contributed by atoms with Crippen LogP contribution in [-0.4, -0.2) is 5.91 Å². The van der Waals surface area contributed by atoms with Gasteiger partial charge in [0.15, 0.2) is 0 Å². The SMILES string of the molecule is CCC(Nc1cccc(C(N)=O)c1C)c1ccc(C)cc1. The first kappa shape index (κ1) is 15.1. The first-order valence-corrected chi connectivity index (χ1v) is 7.25. The quantitative estimate of drug-likeness (QED) is 0.872. The molecule has 1 unspecified atom stereocenters. The van der Waals surface area contributed by atoms with E-state index in [1.807, 2.05) is 19.1 Å². The molecule has 0 aliphatic rings. The van der Waals surface area contributed by atoms with Gasteiger partial charge in [-0.3, -0.25) is 4.79 Å². The summed E-state index contributed by atoms with van der Waals surface area (Å²) in [6.45, 7) is 6.15. The first-order chi connectivity index (χ1) is 10.0. The van der Waals surface area contributed by atoms with Crippen LogP contribution in [-0.2, 0) is 0 Å². The molecule has 0 bridgehead atoms. The van der Waals surface area contributed by atoms with Gasteiger partial charge in [-0.2, -0.15) is 0 Å². The zero-order valence-corrected chi connectivity index (χ0v) is 12.8. The fourth-order valence-corrected chi connectivity index (χ4v) is 2.47. The van der Waals surface area contributed by atoms with Gasteiger partial charge in [0, 0.05) is 11.3 Å². The number of hydrogen-bond acceptors (Lipinski definition) is 2. The van der Waals surface area contributed by atoms with Gasteiger partial charge in [-0.25, -0.2) is 0 Å². The number of carbonyl (C=O) groups is 1. The molecule has 2 aromatic carbocycles. The van der Waals surface area contributed by atoms with Crippen LogP contribution >= 0.6 is 0 Å². The Kier molecular flexibility index (Phi) is 4.63. The van der Waals surface area contributed by atoms with Gasteiger partial charge < -0.3 is 11.1 Å². The van der Waals surface area contributed by atoms with Crippen molar-refractivity contribution in [1.29, 1.82) is 0 Å². The Balaban J connectivity index is 2.29. The summed E-state index contributed by atoms with van der Waals surface area (Å²) >= 11 is 0. The lowest BCUT2D eigenvalue weighted by atomic mass is 10.0. The summed E-state index contributed by atoms with van der Waals surface area (Å²) in [5.41, 5.74) is 10.3. The summed E-state index contributed by atoms with van der Waals surface area (Å²) in [4.78, 5) is 11.4. The van der Waals surface area contributed by atoms with Gasteiger partial charge >= 0.3 is 0 Å². The summed E-state index contributed by atoms with van der Waals surface area (Å²) in [7, 11) is 0. The maximum atomic E-state index is 11.4. The summed E-state index contributed by atoms with van der Waals surface area (Å²) in [6.07, 6.45) is 0.962. The van der Waals surface area contributed by atoms with E-state index in [1.54, 1.807) is 6.07 Å². The van der Waals surface area contributed by atoms with Gasteiger partial charge in [0.25, 0.3) is 0 Å². The number of nitrogens with two attached hydrogens (primary N) is 1. The van der Waals surface area contributed by atoms with Crippen molar-refractivity contribution in [2.45, 2.75) is 33.2 Å². The molecule has 0 saturated carbocycles. The lowest BCUT2D eigenvalue weighted by molar-refractivity contribution is 0.1000. The molecular formula is C18H22N2O. The van der Waals surface area contributed by atoms with Crippen LogP contribution in [0.1, 0.15) is 46.4 Å². The Labute approximate surface area is 126 Å². The monoisotopic (exact) mass is 282 g/mol. The second-order valence-electron chi connectivity index (χ2n) is 5.36. The van der Waals surface area contributed by atoms with E-state index >= 15 is 0 Å². The molecule has 2 aromatic rings. The van der Waals surface area contributed by atoms with Crippen molar-refractivity contribution in [1.82, 2.24) is 0 Å². The van der Waals surface area contributed by atoms with Crippen LogP contribution in [0, 0.1) is 13.8 Å². The fourth-order valence-electron chi connectivity index (χ4n) is 2.47. The van der Waals surface area contributed by atoms with E-state index in [0.717, 1.165) is 17.7 Å². The number of hydrogen-bond donors (Lipinski definition) is 2. The summed E-state index contributed by atoms with van der Waals surface area (Å²) in [5, 5.41) is 3.52. The molecule has 3 N–H and O–H groups in total. The number of amides is 1. The van der Waals surface area contributed by atoms with Gasteiger partial charge in [-0.1, -0.05) is 42.8 Å². The van der Waals surface area contributed by atoms with Crippen LogP contribution in [0.3, 0.4) is 0 Å². The molecular weight excluding hydrogens is 260 g/mol. The zero-order chi connectivity index (χ0) is 15.4. The van der Waals surface area contributed by atoms with Crippen molar-refractivity contribution < 1.29 is 4.79 Å². The average Bonchev–Trinajstić information content (AvgIpc) is 2.47.